The third-order valence-electron chi connectivity index (χ3n) is 4.23. The normalized spacial score (nSPS) is 11.5. The second-order valence-electron chi connectivity index (χ2n) is 6.36. The summed E-state index contributed by atoms with van der Waals surface area (Å²) in [4.78, 5) is 36.1. The predicted octanol–water partition coefficient (Wildman–Crippen LogP) is 3.62. The molecular weight excluding hydrogens is 344 g/mol. The van der Waals surface area contributed by atoms with Crippen molar-refractivity contribution >= 4 is 23.5 Å². The Morgan fingerprint density at radius 2 is 1.70 bits per heavy atom. The van der Waals surface area contributed by atoms with Crippen LogP contribution in [0.3, 0.4) is 0 Å². The van der Waals surface area contributed by atoms with Gasteiger partial charge in [0.2, 0.25) is 0 Å². The summed E-state index contributed by atoms with van der Waals surface area (Å²) >= 11 is 0. The van der Waals surface area contributed by atoms with E-state index in [0.717, 1.165) is 12.0 Å². The molecule has 1 atom stereocenters. The largest absolute Gasteiger partial charge is 0.480 e. The minimum atomic E-state index is -1.05. The Bertz CT molecular complexity index is 818. The Kier molecular flexibility index (Phi) is 7.11. The van der Waals surface area contributed by atoms with Gasteiger partial charge in [0, 0.05) is 16.8 Å². The van der Waals surface area contributed by atoms with Crippen LogP contribution in [0, 0.1) is 6.92 Å². The number of carboxylic acid groups (broad SMARTS) is 1. The highest BCUT2D eigenvalue weighted by Gasteiger charge is 2.20. The van der Waals surface area contributed by atoms with Crippen LogP contribution in [0.1, 0.15) is 52.5 Å². The first-order valence-corrected chi connectivity index (χ1v) is 8.93. The molecule has 142 valence electrons. The van der Waals surface area contributed by atoms with Gasteiger partial charge >= 0.3 is 5.97 Å². The van der Waals surface area contributed by atoms with Gasteiger partial charge in [0.05, 0.1) is 0 Å². The van der Waals surface area contributed by atoms with E-state index in [0.29, 0.717) is 29.7 Å². The second-order valence-corrected chi connectivity index (χ2v) is 6.36. The summed E-state index contributed by atoms with van der Waals surface area (Å²) in [5.41, 5.74) is 2.12. The number of aliphatic carboxylic acids is 1. The van der Waals surface area contributed by atoms with Crippen molar-refractivity contribution in [3.8, 4) is 0 Å². The average Bonchev–Trinajstić information content (AvgIpc) is 2.67. The number of amides is 2. The summed E-state index contributed by atoms with van der Waals surface area (Å²) in [5.74, 6) is -1.81. The van der Waals surface area contributed by atoms with Crippen molar-refractivity contribution in [1.82, 2.24) is 5.32 Å². The van der Waals surface area contributed by atoms with Crippen molar-refractivity contribution in [2.24, 2.45) is 0 Å². The second kappa shape index (κ2) is 9.52. The summed E-state index contributed by atoms with van der Waals surface area (Å²) in [5, 5.41) is 14.6. The number of carboxylic acids is 1. The first-order valence-electron chi connectivity index (χ1n) is 8.93. The monoisotopic (exact) mass is 368 g/mol. The molecule has 0 aliphatic carbocycles. The van der Waals surface area contributed by atoms with Gasteiger partial charge in [-0.05, 0) is 43.2 Å². The molecule has 2 aromatic rings. The molecule has 0 aromatic heterocycles. The molecule has 0 aliphatic rings. The number of unbranched alkanes of at least 4 members (excludes halogenated alkanes) is 1. The highest BCUT2D eigenvalue weighted by Crippen LogP contribution is 2.18. The van der Waals surface area contributed by atoms with E-state index < -0.39 is 17.9 Å². The molecule has 0 fully saturated rings. The van der Waals surface area contributed by atoms with Crippen molar-refractivity contribution in [3.05, 3.63) is 65.2 Å². The highest BCUT2D eigenvalue weighted by atomic mass is 16.4. The first kappa shape index (κ1) is 20.2. The van der Waals surface area contributed by atoms with Crippen LogP contribution in [-0.4, -0.2) is 28.9 Å². The topological polar surface area (TPSA) is 95.5 Å². The number of hydrogen-bond acceptors (Lipinski definition) is 3. The van der Waals surface area contributed by atoms with Gasteiger partial charge in [-0.25, -0.2) is 4.79 Å². The molecule has 0 heterocycles. The summed E-state index contributed by atoms with van der Waals surface area (Å²) in [7, 11) is 0. The van der Waals surface area contributed by atoms with Crippen molar-refractivity contribution in [3.63, 3.8) is 0 Å². The Morgan fingerprint density at radius 3 is 2.33 bits per heavy atom. The standard InChI is InChI=1S/C21H24N2O4/c1-3-4-10-17(21(26)27)22-20(25)16-12-11-14(2)18(13-16)23-19(24)15-8-6-5-7-9-15/h5-9,11-13,17H,3-4,10H2,1-2H3,(H,22,25)(H,23,24)(H,26,27). The van der Waals surface area contributed by atoms with Gasteiger partial charge in [0.25, 0.3) is 11.8 Å². The van der Waals surface area contributed by atoms with Crippen LogP contribution in [0.5, 0.6) is 0 Å². The molecule has 0 bridgehead atoms. The third-order valence-corrected chi connectivity index (χ3v) is 4.23. The minimum Gasteiger partial charge on any atom is -0.480 e. The molecule has 2 rings (SSSR count). The lowest BCUT2D eigenvalue weighted by molar-refractivity contribution is -0.139. The van der Waals surface area contributed by atoms with E-state index >= 15 is 0 Å². The number of anilines is 1. The Hall–Kier alpha value is -3.15. The summed E-state index contributed by atoms with van der Waals surface area (Å²) < 4.78 is 0. The fourth-order valence-corrected chi connectivity index (χ4v) is 2.59. The Morgan fingerprint density at radius 1 is 1.00 bits per heavy atom. The van der Waals surface area contributed by atoms with Crippen molar-refractivity contribution in [1.29, 1.82) is 0 Å². The fraction of sp³-hybridized carbons (Fsp3) is 0.286. The number of nitrogens with one attached hydrogen (secondary N) is 2. The highest BCUT2D eigenvalue weighted by molar-refractivity contribution is 6.05. The zero-order valence-corrected chi connectivity index (χ0v) is 15.5. The molecule has 1 unspecified atom stereocenters. The van der Waals surface area contributed by atoms with Crippen LogP contribution in [0.4, 0.5) is 5.69 Å². The number of hydrogen-bond donors (Lipinski definition) is 3. The lowest BCUT2D eigenvalue weighted by atomic mass is 10.1. The number of carbonyl (C=O) groups is 3. The predicted molar refractivity (Wildman–Crippen MR) is 104 cm³/mol. The van der Waals surface area contributed by atoms with Crippen LogP contribution in [0.25, 0.3) is 0 Å². The molecule has 27 heavy (non-hydrogen) atoms. The molecule has 0 saturated carbocycles. The van der Waals surface area contributed by atoms with Crippen molar-refractivity contribution < 1.29 is 19.5 Å². The van der Waals surface area contributed by atoms with Crippen molar-refractivity contribution in [2.75, 3.05) is 5.32 Å². The van der Waals surface area contributed by atoms with Gasteiger partial charge in [-0.2, -0.15) is 0 Å². The molecule has 2 amide bonds. The minimum absolute atomic E-state index is 0.275. The zero-order chi connectivity index (χ0) is 19.8. The molecule has 0 radical (unpaired) electrons. The molecule has 0 spiro atoms. The fourth-order valence-electron chi connectivity index (χ4n) is 2.59. The molecule has 0 aliphatic heterocycles. The molecule has 3 N–H and O–H groups in total. The van der Waals surface area contributed by atoms with E-state index in [-0.39, 0.29) is 5.91 Å². The lowest BCUT2D eigenvalue weighted by Crippen LogP contribution is -2.40. The number of benzene rings is 2. The molecular formula is C21H24N2O4. The molecule has 6 heteroatoms. The maximum absolute atomic E-state index is 12.5. The maximum atomic E-state index is 12.5. The van der Waals surface area contributed by atoms with Gasteiger partial charge in [-0.3, -0.25) is 9.59 Å². The molecule has 6 nitrogen and oxygen atoms in total. The first-order chi connectivity index (χ1) is 12.9. The van der Waals surface area contributed by atoms with Gasteiger partial charge in [0.15, 0.2) is 0 Å². The van der Waals surface area contributed by atoms with Crippen LogP contribution >= 0.6 is 0 Å². The Balaban J connectivity index is 2.14. The summed E-state index contributed by atoms with van der Waals surface area (Å²) in [6.45, 7) is 3.78. The Labute approximate surface area is 158 Å². The smallest absolute Gasteiger partial charge is 0.326 e. The molecule has 0 saturated heterocycles. The van der Waals surface area contributed by atoms with Crippen LogP contribution in [0.15, 0.2) is 48.5 Å². The summed E-state index contributed by atoms with van der Waals surface area (Å²) in [6, 6.07) is 12.7. The molecule has 2 aromatic carbocycles. The van der Waals surface area contributed by atoms with Crippen LogP contribution < -0.4 is 10.6 Å². The van der Waals surface area contributed by atoms with Gasteiger partial charge in [-0.1, -0.05) is 44.0 Å². The number of rotatable bonds is 8. The van der Waals surface area contributed by atoms with E-state index in [9.17, 15) is 19.5 Å². The SMILES string of the molecule is CCCCC(NC(=O)c1ccc(C)c(NC(=O)c2ccccc2)c1)C(=O)O. The third kappa shape index (κ3) is 5.67. The van der Waals surface area contributed by atoms with Crippen LogP contribution in [-0.2, 0) is 4.79 Å². The van der Waals surface area contributed by atoms with E-state index in [4.69, 9.17) is 0 Å². The number of aryl methyl sites for hydroxylation is 1. The quantitative estimate of drug-likeness (QED) is 0.663. The van der Waals surface area contributed by atoms with Gasteiger partial charge in [-0.15, -0.1) is 0 Å². The van der Waals surface area contributed by atoms with Crippen molar-refractivity contribution in [2.45, 2.75) is 39.2 Å². The zero-order valence-electron chi connectivity index (χ0n) is 15.5. The van der Waals surface area contributed by atoms with Gasteiger partial charge < -0.3 is 15.7 Å². The lowest BCUT2D eigenvalue weighted by Gasteiger charge is -2.15. The average molecular weight is 368 g/mol. The maximum Gasteiger partial charge on any atom is 0.326 e. The van der Waals surface area contributed by atoms with E-state index in [1.807, 2.05) is 19.9 Å². The van der Waals surface area contributed by atoms with Crippen LogP contribution in [0.2, 0.25) is 0 Å². The summed E-state index contributed by atoms with van der Waals surface area (Å²) in [6.07, 6.45) is 1.93. The van der Waals surface area contributed by atoms with E-state index in [2.05, 4.69) is 10.6 Å². The number of carbonyl (C=O) groups excluding carboxylic acids is 2. The van der Waals surface area contributed by atoms with Gasteiger partial charge in [0.1, 0.15) is 6.04 Å². The van der Waals surface area contributed by atoms with E-state index in [1.54, 1.807) is 42.5 Å². The van der Waals surface area contributed by atoms with E-state index in [1.165, 1.54) is 0 Å².